The predicted molar refractivity (Wildman–Crippen MR) is 91.6 cm³/mol. The topological polar surface area (TPSA) is 26.7 Å². The maximum atomic E-state index is 8.75. The van der Waals surface area contributed by atoms with Crippen molar-refractivity contribution in [3.63, 3.8) is 0 Å². The lowest BCUT2D eigenvalue weighted by Crippen LogP contribution is -2.33. The molecule has 0 amide bonds. The summed E-state index contributed by atoms with van der Waals surface area (Å²) in [6.07, 6.45) is 0.551. The maximum Gasteiger partial charge on any atom is 0.0771 e. The molecular formula is C17H28N2OS. The van der Waals surface area contributed by atoms with E-state index in [1.807, 2.05) is 0 Å². The fourth-order valence-electron chi connectivity index (χ4n) is 2.05. The van der Waals surface area contributed by atoms with Crippen LogP contribution in [0.4, 0.5) is 0 Å². The van der Waals surface area contributed by atoms with Crippen LogP contribution in [0.1, 0.15) is 30.0 Å². The predicted octanol–water partition coefficient (Wildman–Crippen LogP) is 2.50. The van der Waals surface area contributed by atoms with Crippen LogP contribution in [0.25, 0.3) is 0 Å². The number of aliphatic hydroxyl groups excluding tert-OH is 1. The number of likely N-dealkylation sites (N-methyl/N-ethyl adjacent to an activating group) is 1. The van der Waals surface area contributed by atoms with Crippen molar-refractivity contribution < 1.29 is 5.11 Å². The van der Waals surface area contributed by atoms with E-state index < -0.39 is 0 Å². The molecule has 0 aromatic carbocycles. The van der Waals surface area contributed by atoms with Crippen LogP contribution < -0.4 is 0 Å². The molecule has 0 aliphatic carbocycles. The monoisotopic (exact) mass is 308 g/mol. The first-order valence-corrected chi connectivity index (χ1v) is 8.38. The van der Waals surface area contributed by atoms with Gasteiger partial charge in [0.2, 0.25) is 0 Å². The van der Waals surface area contributed by atoms with Crippen molar-refractivity contribution in [1.29, 1.82) is 0 Å². The molecule has 118 valence electrons. The van der Waals surface area contributed by atoms with E-state index in [4.69, 9.17) is 5.11 Å². The van der Waals surface area contributed by atoms with E-state index in [1.54, 1.807) is 11.3 Å². The van der Waals surface area contributed by atoms with E-state index in [0.717, 1.165) is 31.1 Å². The Morgan fingerprint density at radius 1 is 1.24 bits per heavy atom. The zero-order valence-corrected chi connectivity index (χ0v) is 14.5. The third kappa shape index (κ3) is 8.23. The highest BCUT2D eigenvalue weighted by Gasteiger charge is 2.10. The highest BCUT2D eigenvalue weighted by atomic mass is 32.1. The van der Waals surface area contributed by atoms with Crippen LogP contribution >= 0.6 is 11.3 Å². The molecule has 4 heteroatoms. The first-order valence-electron chi connectivity index (χ1n) is 7.56. The molecule has 0 spiro atoms. The second-order valence-corrected chi connectivity index (χ2v) is 7.14. The molecule has 21 heavy (non-hydrogen) atoms. The Morgan fingerprint density at radius 2 is 2.00 bits per heavy atom. The minimum Gasteiger partial charge on any atom is -0.395 e. The molecule has 1 rings (SSSR count). The molecule has 0 saturated carbocycles. The average Bonchev–Trinajstić information content (AvgIpc) is 2.83. The molecule has 0 bridgehead atoms. The summed E-state index contributed by atoms with van der Waals surface area (Å²) in [5.41, 5.74) is 0. The minimum absolute atomic E-state index is 0.137. The minimum atomic E-state index is 0.137. The van der Waals surface area contributed by atoms with Gasteiger partial charge in [-0.25, -0.2) is 0 Å². The molecule has 0 unspecified atom stereocenters. The number of rotatable bonds is 8. The smallest absolute Gasteiger partial charge is 0.0771 e. The van der Waals surface area contributed by atoms with Crippen LogP contribution in [-0.4, -0.2) is 55.2 Å². The number of thiophene rings is 1. The van der Waals surface area contributed by atoms with Gasteiger partial charge in [0.15, 0.2) is 0 Å². The van der Waals surface area contributed by atoms with Crippen molar-refractivity contribution in [1.82, 2.24) is 9.80 Å². The van der Waals surface area contributed by atoms with Gasteiger partial charge in [0.05, 0.1) is 11.5 Å². The number of hydrogen-bond donors (Lipinski definition) is 1. The largest absolute Gasteiger partial charge is 0.395 e. The van der Waals surface area contributed by atoms with Crippen molar-refractivity contribution in [2.75, 3.05) is 40.3 Å². The summed E-state index contributed by atoms with van der Waals surface area (Å²) in [4.78, 5) is 7.20. The van der Waals surface area contributed by atoms with Gasteiger partial charge in [-0.1, -0.05) is 25.7 Å². The summed E-state index contributed by atoms with van der Waals surface area (Å²) in [5, 5.41) is 8.75. The normalized spacial score (nSPS) is 11.2. The molecule has 1 aromatic heterocycles. The molecule has 0 aliphatic rings. The van der Waals surface area contributed by atoms with E-state index in [0.29, 0.717) is 12.3 Å². The Labute approximate surface area is 133 Å². The van der Waals surface area contributed by atoms with E-state index >= 15 is 0 Å². The molecule has 0 aliphatic heterocycles. The molecule has 0 fully saturated rings. The summed E-state index contributed by atoms with van der Waals surface area (Å²) in [6.45, 7) is 8.97. The highest BCUT2D eigenvalue weighted by molar-refractivity contribution is 7.12. The fourth-order valence-corrected chi connectivity index (χ4v) is 2.97. The SMILES string of the molecule is CC(C)CN(CCN(C)C)Cc1ccc(C#CCCO)s1. The van der Waals surface area contributed by atoms with Gasteiger partial charge in [-0.15, -0.1) is 11.3 Å². The maximum absolute atomic E-state index is 8.75. The van der Waals surface area contributed by atoms with Gasteiger partial charge in [-0.2, -0.15) is 0 Å². The molecule has 3 nitrogen and oxygen atoms in total. The van der Waals surface area contributed by atoms with Gasteiger partial charge in [-0.3, -0.25) is 4.90 Å². The number of nitrogens with zero attached hydrogens (tertiary/aromatic N) is 2. The average molecular weight is 308 g/mol. The standard InChI is InChI=1S/C17H28N2OS/c1-15(2)13-19(11-10-18(3)4)14-17-9-8-16(21-17)7-5-6-12-20/h8-9,15,20H,6,10-14H2,1-4H3. The Morgan fingerprint density at radius 3 is 2.62 bits per heavy atom. The van der Waals surface area contributed by atoms with Crippen LogP contribution in [0.5, 0.6) is 0 Å². The quantitative estimate of drug-likeness (QED) is 0.748. The Hall–Kier alpha value is -0.860. The summed E-state index contributed by atoms with van der Waals surface area (Å²) in [5.74, 6) is 6.77. The molecular weight excluding hydrogens is 280 g/mol. The van der Waals surface area contributed by atoms with Crippen LogP contribution in [0.2, 0.25) is 0 Å². The lowest BCUT2D eigenvalue weighted by Gasteiger charge is -2.25. The van der Waals surface area contributed by atoms with Crippen molar-refractivity contribution in [2.24, 2.45) is 5.92 Å². The van der Waals surface area contributed by atoms with E-state index in [2.05, 4.69) is 61.7 Å². The summed E-state index contributed by atoms with van der Waals surface area (Å²) in [7, 11) is 4.24. The van der Waals surface area contributed by atoms with E-state index in [9.17, 15) is 0 Å². The molecule has 0 atom stereocenters. The van der Waals surface area contributed by atoms with Crippen LogP contribution in [0.15, 0.2) is 12.1 Å². The van der Waals surface area contributed by atoms with Crippen molar-refractivity contribution in [3.05, 3.63) is 21.9 Å². The zero-order valence-electron chi connectivity index (χ0n) is 13.7. The number of aliphatic hydroxyl groups is 1. The summed E-state index contributed by atoms with van der Waals surface area (Å²) < 4.78 is 0. The summed E-state index contributed by atoms with van der Waals surface area (Å²) in [6, 6.07) is 4.26. The summed E-state index contributed by atoms with van der Waals surface area (Å²) >= 11 is 1.76. The lowest BCUT2D eigenvalue weighted by atomic mass is 10.2. The Bertz CT molecular complexity index is 457. The second kappa shape index (κ2) is 9.97. The van der Waals surface area contributed by atoms with Crippen molar-refractivity contribution >= 4 is 11.3 Å². The van der Waals surface area contributed by atoms with Gasteiger partial charge < -0.3 is 10.0 Å². The van der Waals surface area contributed by atoms with Crippen LogP contribution in [0.3, 0.4) is 0 Å². The molecule has 1 heterocycles. The third-order valence-corrected chi connectivity index (χ3v) is 3.96. The number of hydrogen-bond acceptors (Lipinski definition) is 4. The van der Waals surface area contributed by atoms with Crippen molar-refractivity contribution in [2.45, 2.75) is 26.8 Å². The van der Waals surface area contributed by atoms with Gasteiger partial charge in [0.1, 0.15) is 0 Å². The first-order chi connectivity index (χ1) is 10.0. The van der Waals surface area contributed by atoms with Gasteiger partial charge in [-0.05, 0) is 32.1 Å². The zero-order chi connectivity index (χ0) is 15.7. The highest BCUT2D eigenvalue weighted by Crippen LogP contribution is 2.18. The van der Waals surface area contributed by atoms with E-state index in [-0.39, 0.29) is 6.61 Å². The molecule has 0 saturated heterocycles. The van der Waals surface area contributed by atoms with Crippen LogP contribution in [-0.2, 0) is 6.54 Å². The first kappa shape index (κ1) is 18.2. The Balaban J connectivity index is 2.59. The van der Waals surface area contributed by atoms with E-state index in [1.165, 1.54) is 4.88 Å². The second-order valence-electron chi connectivity index (χ2n) is 5.97. The molecule has 1 aromatic rings. The molecule has 1 N–H and O–H groups in total. The van der Waals surface area contributed by atoms with Crippen LogP contribution in [0, 0.1) is 17.8 Å². The van der Waals surface area contributed by atoms with Crippen molar-refractivity contribution in [3.8, 4) is 11.8 Å². The fraction of sp³-hybridized carbons (Fsp3) is 0.647. The third-order valence-electron chi connectivity index (χ3n) is 2.98. The van der Waals surface area contributed by atoms with Gasteiger partial charge in [0.25, 0.3) is 0 Å². The van der Waals surface area contributed by atoms with Gasteiger partial charge >= 0.3 is 0 Å². The molecule has 0 radical (unpaired) electrons. The lowest BCUT2D eigenvalue weighted by molar-refractivity contribution is 0.213. The van der Waals surface area contributed by atoms with Gasteiger partial charge in [0, 0.05) is 37.5 Å². The Kier molecular flexibility index (Phi) is 8.63.